The number of thioether (sulfide) groups is 2. The highest BCUT2D eigenvalue weighted by Crippen LogP contribution is 2.47. The summed E-state index contributed by atoms with van der Waals surface area (Å²) in [5, 5.41) is 10.0. The van der Waals surface area contributed by atoms with E-state index in [2.05, 4.69) is 94.3 Å². The van der Waals surface area contributed by atoms with Crippen LogP contribution in [0.15, 0.2) is 60.7 Å². The van der Waals surface area contributed by atoms with Crippen LogP contribution >= 0.6 is 23.5 Å². The third-order valence-corrected chi connectivity index (χ3v) is 11.5. The van der Waals surface area contributed by atoms with Gasteiger partial charge in [0.2, 0.25) is 11.4 Å². The zero-order chi connectivity index (χ0) is 26.6. The Hall–Kier alpha value is -3.10. The average Bonchev–Trinajstić information content (AvgIpc) is 3.22. The molecule has 0 spiro atoms. The van der Waals surface area contributed by atoms with E-state index in [1.54, 1.807) is 0 Å². The third-order valence-electron chi connectivity index (χ3n) is 9.34. The Morgan fingerprint density at radius 2 is 1.12 bits per heavy atom. The molecular weight excluding hydrogens is 537 g/mol. The first-order chi connectivity index (χ1) is 19.4. The van der Waals surface area contributed by atoms with Crippen molar-refractivity contribution in [1.29, 1.82) is 0 Å². The summed E-state index contributed by atoms with van der Waals surface area (Å²) in [5.74, 6) is 3.94. The molecule has 8 heteroatoms. The number of fused-ring (bicyclic) bond motifs is 12. The molecule has 2 N–H and O–H groups in total. The largest absolute Gasteiger partial charge is 0.450 e. The lowest BCUT2D eigenvalue weighted by molar-refractivity contribution is -0.599. The maximum atomic E-state index is 6.47. The molecule has 0 radical (unpaired) electrons. The van der Waals surface area contributed by atoms with Crippen LogP contribution < -0.4 is 20.1 Å². The molecular formula is C32H32N4O2S2+2. The standard InChI is InChI=1S/C32H30N4O2S2/c1-31-13-25(23-7-3-5-9-27(23)37-31)35-15-19-11-22-18-40-30-34-32(2)14-26(24-8-4-6-10-28(24)38-32)36(30)16-20(22)12-21(19)17-39-29(35)33-31/h3-12,25-26H,13-18H2,1-2H3/p+2/t25-,26+,31-,32+. The normalized spacial score (nSPS) is 30.8. The van der Waals surface area contributed by atoms with Crippen LogP contribution in [0.1, 0.15) is 72.2 Å². The number of rotatable bonds is 0. The van der Waals surface area contributed by atoms with E-state index in [4.69, 9.17) is 9.47 Å². The van der Waals surface area contributed by atoms with Crippen LogP contribution in [0.3, 0.4) is 0 Å². The lowest BCUT2D eigenvalue weighted by Gasteiger charge is -2.41. The summed E-state index contributed by atoms with van der Waals surface area (Å²) in [6, 6.07) is 22.8. The molecule has 3 aromatic rings. The van der Waals surface area contributed by atoms with Crippen molar-refractivity contribution in [3.8, 4) is 11.5 Å². The van der Waals surface area contributed by atoms with Gasteiger partial charge in [-0.3, -0.25) is 0 Å². The van der Waals surface area contributed by atoms with Gasteiger partial charge < -0.3 is 9.47 Å². The van der Waals surface area contributed by atoms with Crippen LogP contribution in [0, 0.1) is 0 Å². The van der Waals surface area contributed by atoms with Crippen LogP contribution in [0.2, 0.25) is 0 Å². The number of benzene rings is 3. The molecule has 6 aliphatic heterocycles. The summed E-state index contributed by atoms with van der Waals surface area (Å²) in [6.45, 7) is 6.22. The predicted molar refractivity (Wildman–Crippen MR) is 159 cm³/mol. The second kappa shape index (κ2) is 8.23. The van der Waals surface area contributed by atoms with Crippen LogP contribution in [-0.4, -0.2) is 30.9 Å². The molecule has 3 aromatic carbocycles. The first-order valence-corrected chi connectivity index (χ1v) is 16.2. The van der Waals surface area contributed by atoms with Gasteiger partial charge in [0.15, 0.2) is 0 Å². The van der Waals surface area contributed by atoms with E-state index in [9.17, 15) is 0 Å². The van der Waals surface area contributed by atoms with Crippen molar-refractivity contribution in [2.24, 2.45) is 0 Å². The van der Waals surface area contributed by atoms with E-state index in [0.29, 0.717) is 12.1 Å². The van der Waals surface area contributed by atoms with Gasteiger partial charge in [0.1, 0.15) is 36.7 Å². The summed E-state index contributed by atoms with van der Waals surface area (Å²) < 4.78 is 18.1. The maximum Gasteiger partial charge on any atom is 0.310 e. The number of hydrogen-bond donors (Lipinski definition) is 2. The van der Waals surface area contributed by atoms with Crippen molar-refractivity contribution in [2.45, 2.75) is 74.8 Å². The van der Waals surface area contributed by atoms with Gasteiger partial charge in [-0.25, -0.2) is 19.8 Å². The molecule has 4 atom stereocenters. The SMILES string of the molecule is C[C@@]12C[C@@H](c3ccccc3O1)[N+]1=C(N2)SCc2cc3c(cc2C1)CSC1=[N+](C3)[C@@H]2C[C@](C)(N1)Oc1ccccc12. The molecule has 0 saturated carbocycles. The first kappa shape index (κ1) is 23.6. The molecule has 0 amide bonds. The van der Waals surface area contributed by atoms with Crippen LogP contribution in [-0.2, 0) is 24.6 Å². The molecule has 0 aliphatic carbocycles. The fourth-order valence-corrected chi connectivity index (χ4v) is 9.84. The Labute approximate surface area is 242 Å². The number of nitrogens with one attached hydrogen (secondary N) is 2. The van der Waals surface area contributed by atoms with E-state index in [-0.39, 0.29) is 11.4 Å². The lowest BCUT2D eigenvalue weighted by atomic mass is 9.90. The second-order valence-electron chi connectivity index (χ2n) is 12.3. The summed E-state index contributed by atoms with van der Waals surface area (Å²) in [5.41, 5.74) is 7.68. The summed E-state index contributed by atoms with van der Waals surface area (Å²) in [7, 11) is 0. The number of amidine groups is 2. The Morgan fingerprint density at radius 3 is 1.60 bits per heavy atom. The average molecular weight is 569 g/mol. The Morgan fingerprint density at radius 1 is 0.675 bits per heavy atom. The number of nitrogens with zero attached hydrogens (tertiary/aromatic N) is 2. The van der Waals surface area contributed by atoms with Crippen molar-refractivity contribution in [3.63, 3.8) is 0 Å². The molecule has 0 aromatic heterocycles. The van der Waals surface area contributed by atoms with Gasteiger partial charge in [-0.15, -0.1) is 0 Å². The third kappa shape index (κ3) is 3.51. The van der Waals surface area contributed by atoms with Gasteiger partial charge >= 0.3 is 10.3 Å². The fraction of sp³-hybridized carbons (Fsp3) is 0.375. The number of para-hydroxylation sites is 2. The highest BCUT2D eigenvalue weighted by molar-refractivity contribution is 8.13. The molecule has 4 bridgehead atoms. The fourth-order valence-electron chi connectivity index (χ4n) is 7.43. The summed E-state index contributed by atoms with van der Waals surface area (Å²) in [4.78, 5) is 0. The lowest BCUT2D eigenvalue weighted by Crippen LogP contribution is -2.59. The smallest absolute Gasteiger partial charge is 0.310 e. The predicted octanol–water partition coefficient (Wildman–Crippen LogP) is 5.60. The van der Waals surface area contributed by atoms with Crippen LogP contribution in [0.4, 0.5) is 0 Å². The summed E-state index contributed by atoms with van der Waals surface area (Å²) >= 11 is 3.84. The minimum Gasteiger partial charge on any atom is -0.450 e. The van der Waals surface area contributed by atoms with Gasteiger partial charge in [0.05, 0.1) is 12.8 Å². The number of hydrogen-bond acceptors (Lipinski definition) is 6. The minimum absolute atomic E-state index is 0.312. The zero-order valence-corrected chi connectivity index (χ0v) is 24.3. The van der Waals surface area contributed by atoms with Gasteiger partial charge in [-0.2, -0.15) is 0 Å². The van der Waals surface area contributed by atoms with E-state index in [1.165, 1.54) is 43.7 Å². The molecule has 0 unspecified atom stereocenters. The maximum absolute atomic E-state index is 6.47. The van der Waals surface area contributed by atoms with Crippen LogP contribution in [0.25, 0.3) is 0 Å². The van der Waals surface area contributed by atoms with Crippen LogP contribution in [0.5, 0.6) is 11.5 Å². The van der Waals surface area contributed by atoms with Crippen molar-refractivity contribution in [3.05, 3.63) is 94.0 Å². The molecule has 6 aliphatic rings. The summed E-state index contributed by atoms with van der Waals surface area (Å²) in [6.07, 6.45) is 1.87. The highest BCUT2D eigenvalue weighted by atomic mass is 32.2. The highest BCUT2D eigenvalue weighted by Gasteiger charge is 2.52. The molecule has 9 rings (SSSR count). The van der Waals surface area contributed by atoms with Crippen molar-refractivity contribution in [2.75, 3.05) is 0 Å². The minimum atomic E-state index is -0.371. The Bertz CT molecular complexity index is 1560. The molecule has 0 saturated heterocycles. The first-order valence-electron chi connectivity index (χ1n) is 14.2. The van der Waals surface area contributed by atoms with Gasteiger partial charge in [0.25, 0.3) is 0 Å². The zero-order valence-electron chi connectivity index (χ0n) is 22.7. The molecule has 40 heavy (non-hydrogen) atoms. The number of ether oxygens (including phenoxy) is 2. The Kier molecular flexibility index (Phi) is 4.85. The van der Waals surface area contributed by atoms with Gasteiger partial charge in [0, 0.05) is 36.5 Å². The molecule has 6 nitrogen and oxygen atoms in total. The monoisotopic (exact) mass is 568 g/mol. The van der Waals surface area contributed by atoms with Crippen molar-refractivity contribution < 1.29 is 18.6 Å². The van der Waals surface area contributed by atoms with Gasteiger partial charge in [-0.05, 0) is 57.9 Å². The quantitative estimate of drug-likeness (QED) is 0.344. The van der Waals surface area contributed by atoms with Gasteiger partial charge in [-0.1, -0.05) is 48.5 Å². The van der Waals surface area contributed by atoms with Crippen molar-refractivity contribution in [1.82, 2.24) is 10.6 Å². The molecule has 202 valence electrons. The second-order valence-corrected chi connectivity index (χ2v) is 14.2. The Balaban J connectivity index is 1.08. The van der Waals surface area contributed by atoms with E-state index >= 15 is 0 Å². The topological polar surface area (TPSA) is 48.5 Å². The van der Waals surface area contributed by atoms with E-state index in [1.807, 2.05) is 23.5 Å². The van der Waals surface area contributed by atoms with Crippen molar-refractivity contribution >= 4 is 33.9 Å². The van der Waals surface area contributed by atoms with E-state index in [0.717, 1.165) is 48.9 Å². The molecule has 0 fully saturated rings. The molecule has 6 heterocycles. The van der Waals surface area contributed by atoms with E-state index < -0.39 is 0 Å².